The number of carbonyl (C=O) groups is 1. The van der Waals surface area contributed by atoms with Crippen molar-refractivity contribution in [2.45, 2.75) is 13.0 Å². The average Bonchev–Trinajstić information content (AvgIpc) is 2.79. The third-order valence-electron chi connectivity index (χ3n) is 2.33. The van der Waals surface area contributed by atoms with Crippen LogP contribution >= 0.6 is 46.1 Å². The molecule has 0 saturated carbocycles. The highest BCUT2D eigenvalue weighted by molar-refractivity contribution is 7.16. The molecule has 1 N–H and O–H groups in total. The molecular formula is C11H8Cl3N3OS. The molecule has 0 aromatic carbocycles. The maximum atomic E-state index is 12.1. The first-order valence-corrected chi connectivity index (χ1v) is 7.17. The Morgan fingerprint density at radius 2 is 2.05 bits per heavy atom. The third-order valence-corrected chi connectivity index (χ3v) is 4.21. The highest BCUT2D eigenvalue weighted by atomic mass is 35.5. The predicted octanol–water partition coefficient (Wildman–Crippen LogP) is 3.99. The molecule has 0 fully saturated rings. The normalized spacial score (nSPS) is 12.2. The first kappa shape index (κ1) is 14.5. The van der Waals surface area contributed by atoms with Crippen molar-refractivity contribution < 1.29 is 4.79 Å². The van der Waals surface area contributed by atoms with Crippen molar-refractivity contribution in [2.75, 3.05) is 0 Å². The lowest BCUT2D eigenvalue weighted by Gasteiger charge is -2.12. The van der Waals surface area contributed by atoms with Crippen molar-refractivity contribution in [3.8, 4) is 0 Å². The molecule has 100 valence electrons. The zero-order chi connectivity index (χ0) is 14.0. The van der Waals surface area contributed by atoms with E-state index in [1.807, 2.05) is 13.0 Å². The van der Waals surface area contributed by atoms with Gasteiger partial charge < -0.3 is 5.32 Å². The van der Waals surface area contributed by atoms with Gasteiger partial charge in [0.05, 0.1) is 15.9 Å². The molecule has 8 heteroatoms. The van der Waals surface area contributed by atoms with Crippen LogP contribution in [-0.2, 0) is 0 Å². The molecule has 0 aliphatic carbocycles. The van der Waals surface area contributed by atoms with Crippen molar-refractivity contribution in [1.82, 2.24) is 15.5 Å². The summed E-state index contributed by atoms with van der Waals surface area (Å²) in [6.45, 7) is 1.85. The molecule has 0 spiro atoms. The van der Waals surface area contributed by atoms with E-state index in [9.17, 15) is 4.79 Å². The van der Waals surface area contributed by atoms with Crippen LogP contribution in [0, 0.1) is 0 Å². The van der Waals surface area contributed by atoms with E-state index < -0.39 is 0 Å². The van der Waals surface area contributed by atoms with Crippen LogP contribution in [0.5, 0.6) is 0 Å². The van der Waals surface area contributed by atoms with E-state index in [1.54, 1.807) is 6.07 Å². The number of hydrogen-bond donors (Lipinski definition) is 1. The molecule has 2 rings (SSSR count). The fourth-order valence-corrected chi connectivity index (χ4v) is 2.81. The minimum Gasteiger partial charge on any atom is -0.345 e. The van der Waals surface area contributed by atoms with Crippen LogP contribution in [0.2, 0.25) is 14.6 Å². The molecule has 4 nitrogen and oxygen atoms in total. The maximum absolute atomic E-state index is 12.1. The molecule has 0 aliphatic heterocycles. The highest BCUT2D eigenvalue weighted by Crippen LogP contribution is 2.27. The quantitative estimate of drug-likeness (QED) is 0.922. The Hall–Kier alpha value is -0.880. The molecule has 19 heavy (non-hydrogen) atoms. The first-order chi connectivity index (χ1) is 8.97. The largest absolute Gasteiger partial charge is 0.345 e. The first-order valence-electron chi connectivity index (χ1n) is 5.22. The topological polar surface area (TPSA) is 54.9 Å². The molecule has 0 aliphatic rings. The fraction of sp³-hybridized carbons (Fsp3) is 0.182. The number of thiophene rings is 1. The van der Waals surface area contributed by atoms with Gasteiger partial charge in [-0.3, -0.25) is 4.79 Å². The van der Waals surface area contributed by atoms with E-state index in [0.29, 0.717) is 4.34 Å². The zero-order valence-electron chi connectivity index (χ0n) is 9.65. The van der Waals surface area contributed by atoms with Gasteiger partial charge in [0.1, 0.15) is 0 Å². The lowest BCUT2D eigenvalue weighted by molar-refractivity contribution is 0.0940. The van der Waals surface area contributed by atoms with Crippen LogP contribution in [0.3, 0.4) is 0 Å². The number of hydrogen-bond acceptors (Lipinski definition) is 4. The predicted molar refractivity (Wildman–Crippen MR) is 77.3 cm³/mol. The van der Waals surface area contributed by atoms with Gasteiger partial charge in [0.15, 0.2) is 10.3 Å². The van der Waals surface area contributed by atoms with Crippen LogP contribution < -0.4 is 5.32 Å². The molecule has 1 atom stereocenters. The van der Waals surface area contributed by atoms with Crippen molar-refractivity contribution in [3.05, 3.63) is 43.3 Å². The molecule has 2 aromatic rings. The second-order valence-electron chi connectivity index (χ2n) is 3.71. The Kier molecular flexibility index (Phi) is 4.62. The van der Waals surface area contributed by atoms with Gasteiger partial charge >= 0.3 is 0 Å². The van der Waals surface area contributed by atoms with E-state index >= 15 is 0 Å². The van der Waals surface area contributed by atoms with Crippen molar-refractivity contribution in [3.63, 3.8) is 0 Å². The molecule has 0 saturated heterocycles. The van der Waals surface area contributed by atoms with Gasteiger partial charge in [0.25, 0.3) is 5.91 Å². The summed E-state index contributed by atoms with van der Waals surface area (Å²) < 4.78 is 0.669. The summed E-state index contributed by atoms with van der Waals surface area (Å²) >= 11 is 18.8. The zero-order valence-corrected chi connectivity index (χ0v) is 12.7. The fourth-order valence-electron chi connectivity index (χ4n) is 1.42. The summed E-state index contributed by atoms with van der Waals surface area (Å²) in [6.07, 6.45) is 0. The maximum Gasteiger partial charge on any atom is 0.255 e. The summed E-state index contributed by atoms with van der Waals surface area (Å²) in [5, 5.41) is 10.1. The van der Waals surface area contributed by atoms with Gasteiger partial charge in [-0.25, -0.2) is 0 Å². The lowest BCUT2D eigenvalue weighted by Crippen LogP contribution is -2.26. The van der Waals surface area contributed by atoms with E-state index in [0.717, 1.165) is 4.88 Å². The number of nitrogens with zero attached hydrogens (tertiary/aromatic N) is 2. The molecule has 1 unspecified atom stereocenters. The van der Waals surface area contributed by atoms with E-state index in [1.165, 1.54) is 17.4 Å². The van der Waals surface area contributed by atoms with Crippen molar-refractivity contribution in [1.29, 1.82) is 0 Å². The van der Waals surface area contributed by atoms with Crippen LogP contribution in [0.25, 0.3) is 0 Å². The number of halogens is 3. The second-order valence-corrected chi connectivity index (χ2v) is 6.20. The van der Waals surface area contributed by atoms with Crippen molar-refractivity contribution >= 4 is 52.0 Å². The molecular weight excluding hydrogens is 329 g/mol. The summed E-state index contributed by atoms with van der Waals surface area (Å²) in [5.74, 6) is -0.362. The highest BCUT2D eigenvalue weighted by Gasteiger charge is 2.17. The lowest BCUT2D eigenvalue weighted by atomic mass is 10.2. The van der Waals surface area contributed by atoms with Gasteiger partial charge in [0.2, 0.25) is 0 Å². The second kappa shape index (κ2) is 6.05. The monoisotopic (exact) mass is 335 g/mol. The SMILES string of the molecule is CC(NC(=O)c1cc(Cl)nnc1Cl)c1ccc(Cl)s1. The summed E-state index contributed by atoms with van der Waals surface area (Å²) in [7, 11) is 0. The summed E-state index contributed by atoms with van der Waals surface area (Å²) in [6, 6.07) is 4.83. The van der Waals surface area contributed by atoms with Gasteiger partial charge in [-0.1, -0.05) is 34.8 Å². The summed E-state index contributed by atoms with van der Waals surface area (Å²) in [4.78, 5) is 13.0. The Balaban J connectivity index is 2.15. The van der Waals surface area contributed by atoms with Crippen LogP contribution in [0.15, 0.2) is 18.2 Å². The van der Waals surface area contributed by atoms with Gasteiger partial charge in [-0.05, 0) is 25.1 Å². The average molecular weight is 337 g/mol. The van der Waals surface area contributed by atoms with Crippen LogP contribution in [0.4, 0.5) is 0 Å². The van der Waals surface area contributed by atoms with E-state index in [-0.39, 0.29) is 27.8 Å². The Bertz CT molecular complexity index is 617. The molecule has 2 heterocycles. The van der Waals surface area contributed by atoms with Crippen molar-refractivity contribution in [2.24, 2.45) is 0 Å². The molecule has 0 radical (unpaired) electrons. The minimum absolute atomic E-state index is 0.0123. The van der Waals surface area contributed by atoms with Gasteiger partial charge in [0, 0.05) is 4.88 Å². The number of aromatic nitrogens is 2. The molecule has 2 aromatic heterocycles. The number of rotatable bonds is 3. The minimum atomic E-state index is -0.362. The van der Waals surface area contributed by atoms with Crippen LogP contribution in [0.1, 0.15) is 28.2 Å². The Morgan fingerprint density at radius 1 is 1.32 bits per heavy atom. The van der Waals surface area contributed by atoms with Gasteiger partial charge in [-0.2, -0.15) is 0 Å². The number of amides is 1. The Labute approximate surface area is 128 Å². The number of nitrogens with one attached hydrogen (secondary N) is 1. The van der Waals surface area contributed by atoms with Gasteiger partial charge in [-0.15, -0.1) is 21.5 Å². The smallest absolute Gasteiger partial charge is 0.255 e. The third kappa shape index (κ3) is 3.57. The molecule has 0 bridgehead atoms. The van der Waals surface area contributed by atoms with E-state index in [2.05, 4.69) is 15.5 Å². The summed E-state index contributed by atoms with van der Waals surface area (Å²) in [5.41, 5.74) is 0.191. The van der Waals surface area contributed by atoms with Crippen LogP contribution in [-0.4, -0.2) is 16.1 Å². The molecule has 1 amide bonds. The number of carbonyl (C=O) groups excluding carboxylic acids is 1. The van der Waals surface area contributed by atoms with E-state index in [4.69, 9.17) is 34.8 Å². The Morgan fingerprint density at radius 3 is 2.68 bits per heavy atom. The standard InChI is InChI=1S/C11H8Cl3N3OS/c1-5(7-2-3-9(13)19-7)15-11(18)6-4-8(12)16-17-10(6)14/h2-5H,1H3,(H,15,18).